The monoisotopic (exact) mass is 444 g/mol. The summed E-state index contributed by atoms with van der Waals surface area (Å²) in [6.45, 7) is 0. The fraction of sp³-hybridized carbons (Fsp3) is 0.125. The number of alkyl halides is 1. The van der Waals surface area contributed by atoms with E-state index in [4.69, 9.17) is 16.3 Å². The van der Waals surface area contributed by atoms with Gasteiger partial charge in [0.25, 0.3) is 0 Å². The van der Waals surface area contributed by atoms with Crippen LogP contribution >= 0.6 is 54.8 Å². The van der Waals surface area contributed by atoms with Gasteiger partial charge in [0.15, 0.2) is 0 Å². The smallest absolute Gasteiger partial charge is 0.119 e. The van der Waals surface area contributed by atoms with E-state index in [1.54, 1.807) is 18.4 Å². The summed E-state index contributed by atoms with van der Waals surface area (Å²) >= 11 is 15.3. The van der Waals surface area contributed by atoms with Crippen molar-refractivity contribution in [2.24, 2.45) is 0 Å². The highest BCUT2D eigenvalue weighted by Gasteiger charge is 2.17. The minimum Gasteiger partial charge on any atom is -0.497 e. The Morgan fingerprint density at radius 3 is 2.43 bits per heavy atom. The first-order valence-corrected chi connectivity index (χ1v) is 9.09. The Morgan fingerprint density at radius 2 is 1.76 bits per heavy atom. The molecule has 108 valence electrons. The van der Waals surface area contributed by atoms with E-state index in [1.165, 1.54) is 0 Å². The number of rotatable bonds is 3. The SMILES string of the molecule is COc1ccc2cc(C(Cl)c3cc(Br)sc3Br)ccc2c1. The first-order valence-electron chi connectivity index (χ1n) is 6.25. The Morgan fingerprint density at radius 1 is 1.05 bits per heavy atom. The van der Waals surface area contributed by atoms with Gasteiger partial charge in [-0.2, -0.15) is 0 Å². The number of halogens is 3. The van der Waals surface area contributed by atoms with E-state index in [-0.39, 0.29) is 5.38 Å². The summed E-state index contributed by atoms with van der Waals surface area (Å²) in [6, 6.07) is 14.4. The molecule has 0 amide bonds. The summed E-state index contributed by atoms with van der Waals surface area (Å²) in [5.41, 5.74) is 2.17. The van der Waals surface area contributed by atoms with Gasteiger partial charge < -0.3 is 4.74 Å². The van der Waals surface area contributed by atoms with Crippen molar-refractivity contribution in [1.29, 1.82) is 0 Å². The molecule has 0 spiro atoms. The lowest BCUT2D eigenvalue weighted by Gasteiger charge is -2.11. The molecule has 2 aromatic carbocycles. The fourth-order valence-corrected chi connectivity index (χ4v) is 5.64. The van der Waals surface area contributed by atoms with Gasteiger partial charge in [0, 0.05) is 5.56 Å². The largest absolute Gasteiger partial charge is 0.497 e. The third-order valence-corrected chi connectivity index (χ3v) is 6.19. The molecule has 0 aliphatic carbocycles. The second kappa shape index (κ2) is 6.29. The van der Waals surface area contributed by atoms with Gasteiger partial charge in [-0.15, -0.1) is 22.9 Å². The Kier molecular flexibility index (Phi) is 4.60. The molecule has 0 N–H and O–H groups in total. The van der Waals surface area contributed by atoms with Crippen molar-refractivity contribution in [3.63, 3.8) is 0 Å². The number of hydrogen-bond acceptors (Lipinski definition) is 2. The zero-order chi connectivity index (χ0) is 15.0. The molecule has 0 saturated heterocycles. The molecule has 0 radical (unpaired) electrons. The molecule has 0 fully saturated rings. The van der Waals surface area contributed by atoms with Gasteiger partial charge >= 0.3 is 0 Å². The number of benzene rings is 2. The third kappa shape index (κ3) is 3.14. The highest BCUT2D eigenvalue weighted by molar-refractivity contribution is 9.12. The van der Waals surface area contributed by atoms with Gasteiger partial charge in [-0.25, -0.2) is 0 Å². The van der Waals surface area contributed by atoms with Crippen molar-refractivity contribution >= 4 is 65.6 Å². The lowest BCUT2D eigenvalue weighted by atomic mass is 10.0. The summed E-state index contributed by atoms with van der Waals surface area (Å²) in [5, 5.41) is 2.13. The van der Waals surface area contributed by atoms with Crippen LogP contribution in [0.15, 0.2) is 50.0 Å². The molecule has 1 atom stereocenters. The summed E-state index contributed by atoms with van der Waals surface area (Å²) in [5.74, 6) is 0.863. The molecule has 1 aromatic heterocycles. The molecular weight excluding hydrogens is 436 g/mol. The van der Waals surface area contributed by atoms with Crippen LogP contribution in [0.5, 0.6) is 5.75 Å². The van der Waals surface area contributed by atoms with Crippen LogP contribution in [0.3, 0.4) is 0 Å². The van der Waals surface area contributed by atoms with E-state index in [2.05, 4.69) is 62.2 Å². The number of methoxy groups -OCH3 is 1. The Hall–Kier alpha value is -0.550. The van der Waals surface area contributed by atoms with Crippen LogP contribution in [0.4, 0.5) is 0 Å². The molecule has 0 aliphatic heterocycles. The average molecular weight is 447 g/mol. The summed E-state index contributed by atoms with van der Waals surface area (Å²) in [7, 11) is 1.68. The maximum absolute atomic E-state index is 6.64. The zero-order valence-corrected chi connectivity index (χ0v) is 15.8. The van der Waals surface area contributed by atoms with Gasteiger partial charge in [-0.1, -0.05) is 18.2 Å². The van der Waals surface area contributed by atoms with Crippen molar-refractivity contribution in [1.82, 2.24) is 0 Å². The van der Waals surface area contributed by atoms with Crippen LogP contribution in [0.1, 0.15) is 16.5 Å². The average Bonchev–Trinajstić information content (AvgIpc) is 2.84. The zero-order valence-electron chi connectivity index (χ0n) is 11.1. The summed E-state index contributed by atoms with van der Waals surface area (Å²) in [4.78, 5) is 0. The molecule has 21 heavy (non-hydrogen) atoms. The lowest BCUT2D eigenvalue weighted by Crippen LogP contribution is -1.92. The third-order valence-electron chi connectivity index (χ3n) is 3.32. The van der Waals surface area contributed by atoms with Crippen LogP contribution in [-0.2, 0) is 0 Å². The minimum absolute atomic E-state index is 0.173. The first kappa shape index (κ1) is 15.3. The maximum Gasteiger partial charge on any atom is 0.119 e. The molecule has 3 rings (SSSR count). The molecule has 0 saturated carbocycles. The normalized spacial score (nSPS) is 12.6. The molecular formula is C16H11Br2ClOS. The van der Waals surface area contributed by atoms with Gasteiger partial charge in [0.05, 0.1) is 20.1 Å². The number of fused-ring (bicyclic) bond motifs is 1. The Balaban J connectivity index is 2.02. The topological polar surface area (TPSA) is 9.23 Å². The van der Waals surface area contributed by atoms with Crippen molar-refractivity contribution < 1.29 is 4.74 Å². The van der Waals surface area contributed by atoms with Crippen LogP contribution in [0, 0.1) is 0 Å². The second-order valence-electron chi connectivity index (χ2n) is 4.61. The van der Waals surface area contributed by atoms with E-state index in [1.807, 2.05) is 12.1 Å². The van der Waals surface area contributed by atoms with E-state index >= 15 is 0 Å². The van der Waals surface area contributed by atoms with Gasteiger partial charge in [-0.3, -0.25) is 0 Å². The predicted molar refractivity (Wildman–Crippen MR) is 97.9 cm³/mol. The van der Waals surface area contributed by atoms with Crippen molar-refractivity contribution in [2.75, 3.05) is 7.11 Å². The number of thiophene rings is 1. The lowest BCUT2D eigenvalue weighted by molar-refractivity contribution is 0.415. The van der Waals surface area contributed by atoms with Crippen LogP contribution < -0.4 is 4.74 Å². The predicted octanol–water partition coefficient (Wildman–Crippen LogP) is 6.76. The minimum atomic E-state index is -0.173. The molecule has 1 heterocycles. The Labute approximate surface area is 149 Å². The van der Waals surface area contributed by atoms with Crippen molar-refractivity contribution in [2.45, 2.75) is 5.38 Å². The van der Waals surface area contributed by atoms with Gasteiger partial charge in [0.1, 0.15) is 5.75 Å². The fourth-order valence-electron chi connectivity index (χ4n) is 2.23. The summed E-state index contributed by atoms with van der Waals surface area (Å²) < 4.78 is 7.38. The highest BCUT2D eigenvalue weighted by atomic mass is 79.9. The molecule has 0 bridgehead atoms. The molecule has 1 unspecified atom stereocenters. The van der Waals surface area contributed by atoms with Gasteiger partial charge in [0.2, 0.25) is 0 Å². The van der Waals surface area contributed by atoms with E-state index in [9.17, 15) is 0 Å². The van der Waals surface area contributed by atoms with Crippen molar-refractivity contribution in [3.05, 3.63) is 61.2 Å². The highest BCUT2D eigenvalue weighted by Crippen LogP contribution is 2.41. The van der Waals surface area contributed by atoms with E-state index in [0.717, 1.165) is 35.2 Å². The van der Waals surface area contributed by atoms with Gasteiger partial charge in [-0.05, 0) is 72.5 Å². The summed E-state index contributed by atoms with van der Waals surface area (Å²) in [6.07, 6.45) is 0. The van der Waals surface area contributed by atoms with Crippen LogP contribution in [0.2, 0.25) is 0 Å². The number of ether oxygens (including phenoxy) is 1. The van der Waals surface area contributed by atoms with E-state index < -0.39 is 0 Å². The first-order chi connectivity index (χ1) is 10.1. The second-order valence-corrected chi connectivity index (χ2v) is 8.80. The van der Waals surface area contributed by atoms with Crippen molar-refractivity contribution in [3.8, 4) is 5.75 Å². The Bertz CT molecular complexity index is 800. The quantitative estimate of drug-likeness (QED) is 0.404. The molecule has 0 aliphatic rings. The number of hydrogen-bond donors (Lipinski definition) is 0. The maximum atomic E-state index is 6.64. The molecule has 3 aromatic rings. The molecule has 1 nitrogen and oxygen atoms in total. The van der Waals surface area contributed by atoms with Crippen LogP contribution in [0.25, 0.3) is 10.8 Å². The molecule has 5 heteroatoms. The standard InChI is InChI=1S/C16H11Br2ClOS/c1-20-12-5-4-9-6-11(3-2-10(9)7-12)15(19)13-8-14(17)21-16(13)18/h2-8,15H,1H3. The van der Waals surface area contributed by atoms with E-state index in [0.29, 0.717) is 0 Å². The van der Waals surface area contributed by atoms with Crippen LogP contribution in [-0.4, -0.2) is 7.11 Å².